The monoisotopic (exact) mass is 400 g/mol. The molecule has 0 aliphatic rings. The van der Waals surface area contributed by atoms with Gasteiger partial charge in [0.15, 0.2) is 4.80 Å². The first-order valence-corrected chi connectivity index (χ1v) is 9.73. The van der Waals surface area contributed by atoms with Gasteiger partial charge in [0.1, 0.15) is 27.4 Å². The largest absolute Gasteiger partial charge is 0.495 e. The number of fused-ring (bicyclic) bond motifs is 1. The zero-order chi connectivity index (χ0) is 20.4. The molecule has 3 rings (SSSR count). The standard InChI is InChI=1S/C20H24N4O3S/c1-7-10-23-17-15(26-5)8-9-16(27-6)18(17)28-20(23)21-19(25)14-11-13(4)22-24(14)12(2)3/h7-9,11-12H,1,10H2,2-6H3. The van der Waals surface area contributed by atoms with Gasteiger partial charge in [-0.15, -0.1) is 6.58 Å². The Labute approximate surface area is 167 Å². The van der Waals surface area contributed by atoms with E-state index in [0.717, 1.165) is 15.9 Å². The van der Waals surface area contributed by atoms with Crippen molar-refractivity contribution in [3.63, 3.8) is 0 Å². The summed E-state index contributed by atoms with van der Waals surface area (Å²) < 4.78 is 15.5. The van der Waals surface area contributed by atoms with Crippen LogP contribution in [-0.2, 0) is 6.54 Å². The SMILES string of the molecule is C=CCn1c(=NC(=O)c2cc(C)nn2C(C)C)sc2c(OC)ccc(OC)c21. The number of ether oxygens (including phenoxy) is 2. The van der Waals surface area contributed by atoms with Crippen LogP contribution < -0.4 is 14.3 Å². The van der Waals surface area contributed by atoms with Crippen LogP contribution in [0.4, 0.5) is 0 Å². The second-order valence-corrected chi connectivity index (χ2v) is 7.54. The van der Waals surface area contributed by atoms with Crippen LogP contribution in [0, 0.1) is 6.92 Å². The molecule has 148 valence electrons. The predicted molar refractivity (Wildman–Crippen MR) is 110 cm³/mol. The van der Waals surface area contributed by atoms with Crippen molar-refractivity contribution in [2.75, 3.05) is 14.2 Å². The number of carbonyl (C=O) groups is 1. The van der Waals surface area contributed by atoms with Crippen LogP contribution in [0.1, 0.15) is 36.1 Å². The van der Waals surface area contributed by atoms with Crippen LogP contribution in [-0.4, -0.2) is 34.5 Å². The fraction of sp³-hybridized carbons (Fsp3) is 0.350. The topological polar surface area (TPSA) is 70.6 Å². The van der Waals surface area contributed by atoms with Gasteiger partial charge in [0.05, 0.1) is 19.9 Å². The van der Waals surface area contributed by atoms with Gasteiger partial charge < -0.3 is 14.0 Å². The molecular weight excluding hydrogens is 376 g/mol. The van der Waals surface area contributed by atoms with Crippen LogP contribution in [0.5, 0.6) is 11.5 Å². The number of rotatable bonds is 6. The van der Waals surface area contributed by atoms with Crippen molar-refractivity contribution in [2.45, 2.75) is 33.4 Å². The van der Waals surface area contributed by atoms with E-state index in [1.54, 1.807) is 31.0 Å². The highest BCUT2D eigenvalue weighted by molar-refractivity contribution is 7.16. The lowest BCUT2D eigenvalue weighted by molar-refractivity contribution is 0.0986. The highest BCUT2D eigenvalue weighted by atomic mass is 32.1. The summed E-state index contributed by atoms with van der Waals surface area (Å²) in [5, 5.41) is 4.41. The van der Waals surface area contributed by atoms with Gasteiger partial charge in [0, 0.05) is 12.6 Å². The molecule has 0 fully saturated rings. The molecule has 2 heterocycles. The maximum absolute atomic E-state index is 13.0. The van der Waals surface area contributed by atoms with Gasteiger partial charge in [0.25, 0.3) is 5.91 Å². The number of amides is 1. The number of hydrogen-bond acceptors (Lipinski definition) is 5. The van der Waals surface area contributed by atoms with E-state index >= 15 is 0 Å². The minimum absolute atomic E-state index is 0.0609. The van der Waals surface area contributed by atoms with E-state index < -0.39 is 0 Å². The second kappa shape index (κ2) is 8.02. The molecule has 0 saturated heterocycles. The molecule has 1 amide bonds. The summed E-state index contributed by atoms with van der Waals surface area (Å²) in [6.45, 7) is 10.1. The Kier molecular flexibility index (Phi) is 5.69. The van der Waals surface area contributed by atoms with Gasteiger partial charge in [-0.25, -0.2) is 0 Å². The number of carbonyl (C=O) groups excluding carboxylic acids is 1. The van der Waals surface area contributed by atoms with Crippen LogP contribution in [0.2, 0.25) is 0 Å². The van der Waals surface area contributed by atoms with E-state index in [0.29, 0.717) is 28.5 Å². The Balaban J connectivity index is 2.26. The van der Waals surface area contributed by atoms with Gasteiger partial charge in [-0.3, -0.25) is 9.48 Å². The number of allylic oxidation sites excluding steroid dienone is 1. The molecule has 0 saturated carbocycles. The van der Waals surface area contributed by atoms with Crippen molar-refractivity contribution in [1.82, 2.24) is 14.3 Å². The third-order valence-corrected chi connectivity index (χ3v) is 5.36. The van der Waals surface area contributed by atoms with Crippen molar-refractivity contribution in [1.29, 1.82) is 0 Å². The summed E-state index contributed by atoms with van der Waals surface area (Å²) in [7, 11) is 3.23. The fourth-order valence-electron chi connectivity index (χ4n) is 3.05. The average molecular weight is 401 g/mol. The van der Waals surface area contributed by atoms with E-state index in [1.165, 1.54) is 11.3 Å². The fourth-order valence-corrected chi connectivity index (χ4v) is 4.20. The highest BCUT2D eigenvalue weighted by Crippen LogP contribution is 2.35. The minimum Gasteiger partial charge on any atom is -0.495 e. The van der Waals surface area contributed by atoms with Crippen molar-refractivity contribution < 1.29 is 14.3 Å². The molecule has 0 aliphatic heterocycles. The summed E-state index contributed by atoms with van der Waals surface area (Å²) in [5.41, 5.74) is 2.08. The van der Waals surface area contributed by atoms with Crippen molar-refractivity contribution >= 4 is 27.5 Å². The number of nitrogens with zero attached hydrogens (tertiary/aromatic N) is 4. The molecule has 0 spiro atoms. The lowest BCUT2D eigenvalue weighted by atomic mass is 10.3. The van der Waals surface area contributed by atoms with E-state index in [4.69, 9.17) is 9.47 Å². The summed E-state index contributed by atoms with van der Waals surface area (Å²) in [6, 6.07) is 5.51. The average Bonchev–Trinajstić information content (AvgIpc) is 3.23. The second-order valence-electron chi connectivity index (χ2n) is 6.56. The van der Waals surface area contributed by atoms with Crippen LogP contribution in [0.15, 0.2) is 35.8 Å². The van der Waals surface area contributed by atoms with Gasteiger partial charge in [-0.2, -0.15) is 10.1 Å². The molecule has 0 unspecified atom stereocenters. The summed E-state index contributed by atoms with van der Waals surface area (Å²) in [5.74, 6) is 1.05. The first-order chi connectivity index (χ1) is 13.4. The normalized spacial score (nSPS) is 12.0. The van der Waals surface area contributed by atoms with Gasteiger partial charge in [0.2, 0.25) is 0 Å². The van der Waals surface area contributed by atoms with Gasteiger partial charge >= 0.3 is 0 Å². The smallest absolute Gasteiger partial charge is 0.297 e. The molecule has 0 N–H and O–H groups in total. The molecule has 0 radical (unpaired) electrons. The molecule has 0 aliphatic carbocycles. The van der Waals surface area contributed by atoms with Crippen LogP contribution in [0.3, 0.4) is 0 Å². The highest BCUT2D eigenvalue weighted by Gasteiger charge is 2.19. The summed E-state index contributed by atoms with van der Waals surface area (Å²) >= 11 is 1.38. The van der Waals surface area contributed by atoms with E-state index in [1.807, 2.05) is 37.5 Å². The van der Waals surface area contributed by atoms with Crippen molar-refractivity contribution in [3.8, 4) is 11.5 Å². The molecule has 2 aromatic heterocycles. The number of aryl methyl sites for hydroxylation is 1. The molecule has 0 bridgehead atoms. The third-order valence-electron chi connectivity index (χ3n) is 4.27. The van der Waals surface area contributed by atoms with E-state index in [2.05, 4.69) is 16.7 Å². The Morgan fingerprint density at radius 2 is 2.00 bits per heavy atom. The molecule has 0 atom stereocenters. The lowest BCUT2D eigenvalue weighted by Gasteiger charge is -2.09. The first-order valence-electron chi connectivity index (χ1n) is 8.91. The Bertz CT molecular complexity index is 1100. The zero-order valence-corrected chi connectivity index (χ0v) is 17.5. The molecule has 28 heavy (non-hydrogen) atoms. The minimum atomic E-state index is -0.336. The number of aromatic nitrogens is 3. The van der Waals surface area contributed by atoms with E-state index in [9.17, 15) is 4.79 Å². The maximum atomic E-state index is 13.0. The summed E-state index contributed by atoms with van der Waals surface area (Å²) in [6.07, 6.45) is 1.76. The van der Waals surface area contributed by atoms with Gasteiger partial charge in [-0.05, 0) is 39.0 Å². The number of hydrogen-bond donors (Lipinski definition) is 0. The van der Waals surface area contributed by atoms with E-state index in [-0.39, 0.29) is 11.9 Å². The Morgan fingerprint density at radius 1 is 1.32 bits per heavy atom. The molecule has 7 nitrogen and oxygen atoms in total. The predicted octanol–water partition coefficient (Wildman–Crippen LogP) is 3.73. The number of thiazole rings is 1. The summed E-state index contributed by atoms with van der Waals surface area (Å²) in [4.78, 5) is 17.9. The maximum Gasteiger partial charge on any atom is 0.297 e. The molecular formula is C20H24N4O3S. The molecule has 1 aromatic carbocycles. The number of benzene rings is 1. The van der Waals surface area contributed by atoms with Crippen molar-refractivity contribution in [3.05, 3.63) is 47.0 Å². The zero-order valence-electron chi connectivity index (χ0n) is 16.7. The Hall–Kier alpha value is -2.87. The molecule has 3 aromatic rings. The van der Waals surface area contributed by atoms with Gasteiger partial charge in [-0.1, -0.05) is 17.4 Å². The third kappa shape index (κ3) is 3.47. The van der Waals surface area contributed by atoms with Crippen LogP contribution in [0.25, 0.3) is 10.2 Å². The molecule has 8 heteroatoms. The van der Waals surface area contributed by atoms with Crippen LogP contribution >= 0.6 is 11.3 Å². The number of methoxy groups -OCH3 is 2. The quantitative estimate of drug-likeness (QED) is 0.591. The van der Waals surface area contributed by atoms with Crippen molar-refractivity contribution in [2.24, 2.45) is 4.99 Å². The first kappa shape index (κ1) is 19.9. The lowest BCUT2D eigenvalue weighted by Crippen LogP contribution is -2.18. The Morgan fingerprint density at radius 3 is 2.61 bits per heavy atom.